The van der Waals surface area contributed by atoms with Crippen LogP contribution in [0.1, 0.15) is 52.7 Å². The molecular formula is C32H35Cl3N6O4. The summed E-state index contributed by atoms with van der Waals surface area (Å²) in [5, 5.41) is 20.5. The number of benzene rings is 3. The normalized spacial score (nSPS) is 12.2. The second kappa shape index (κ2) is 13.6. The summed E-state index contributed by atoms with van der Waals surface area (Å²) in [6, 6.07) is 14.4. The second-order valence-electron chi connectivity index (χ2n) is 12.2. The maximum atomic E-state index is 12.5. The van der Waals surface area contributed by atoms with Crippen LogP contribution in [0.2, 0.25) is 15.1 Å². The molecule has 0 spiro atoms. The highest BCUT2D eigenvalue weighted by atomic mass is 35.5. The van der Waals surface area contributed by atoms with Gasteiger partial charge in [0.25, 0.3) is 0 Å². The number of hydrogen-bond donors (Lipinski definition) is 5. The number of nitrogens with zero attached hydrogens (tertiary/aromatic N) is 1. The van der Waals surface area contributed by atoms with Crippen LogP contribution >= 0.6 is 34.8 Å². The second-order valence-corrected chi connectivity index (χ2v) is 13.5. The van der Waals surface area contributed by atoms with E-state index in [0.717, 1.165) is 27.4 Å². The molecule has 3 aromatic carbocycles. The van der Waals surface area contributed by atoms with Gasteiger partial charge in [-0.2, -0.15) is 0 Å². The lowest BCUT2D eigenvalue weighted by Gasteiger charge is -2.21. The van der Waals surface area contributed by atoms with Crippen molar-refractivity contribution in [2.24, 2.45) is 4.99 Å². The van der Waals surface area contributed by atoms with E-state index in [2.05, 4.69) is 25.9 Å². The van der Waals surface area contributed by atoms with Gasteiger partial charge in [0.15, 0.2) is 0 Å². The van der Waals surface area contributed by atoms with Crippen LogP contribution in [0.3, 0.4) is 0 Å². The van der Waals surface area contributed by atoms with Gasteiger partial charge in [-0.25, -0.2) is 9.59 Å². The van der Waals surface area contributed by atoms with E-state index in [9.17, 15) is 9.59 Å². The smallest absolute Gasteiger partial charge is 0.437 e. The van der Waals surface area contributed by atoms with Crippen LogP contribution in [0.25, 0.3) is 21.8 Å². The number of aromatic nitrogens is 1. The number of ether oxygens (including phenoxy) is 2. The lowest BCUT2D eigenvalue weighted by atomic mass is 10.0. The first-order chi connectivity index (χ1) is 21.0. The molecule has 5 N–H and O–H groups in total. The van der Waals surface area contributed by atoms with Crippen LogP contribution in [-0.2, 0) is 15.9 Å². The number of aliphatic imine (C=N–C) groups is 1. The highest BCUT2D eigenvalue weighted by Crippen LogP contribution is 2.33. The molecule has 0 fully saturated rings. The number of halogens is 3. The Balaban J connectivity index is 1.63. The third kappa shape index (κ3) is 9.50. The van der Waals surface area contributed by atoms with Gasteiger partial charge in [-0.3, -0.25) is 10.7 Å². The number of H-pyrrole nitrogens is 1. The number of carbonyl (C=O) groups excluding carboxylic acids is 2. The Labute approximate surface area is 276 Å². The minimum atomic E-state index is -0.872. The summed E-state index contributed by atoms with van der Waals surface area (Å²) in [4.78, 5) is 32.4. The molecule has 13 heteroatoms. The van der Waals surface area contributed by atoms with Crippen molar-refractivity contribution < 1.29 is 19.1 Å². The third-order valence-electron chi connectivity index (χ3n) is 6.13. The molecule has 0 aliphatic rings. The van der Waals surface area contributed by atoms with E-state index in [1.165, 1.54) is 0 Å². The topological polar surface area (TPSA) is 141 Å². The molecule has 10 nitrogen and oxygen atoms in total. The Kier molecular flexibility index (Phi) is 10.2. The molecule has 0 atom stereocenters. The van der Waals surface area contributed by atoms with E-state index >= 15 is 0 Å². The Morgan fingerprint density at radius 3 is 2.27 bits per heavy atom. The molecule has 45 heavy (non-hydrogen) atoms. The minimum absolute atomic E-state index is 0.117. The van der Waals surface area contributed by atoms with Gasteiger partial charge in [0.2, 0.25) is 5.96 Å². The van der Waals surface area contributed by atoms with Gasteiger partial charge >= 0.3 is 12.2 Å². The summed E-state index contributed by atoms with van der Waals surface area (Å²) in [7, 11) is 0. The van der Waals surface area contributed by atoms with Crippen LogP contribution in [0.15, 0.2) is 53.5 Å². The molecule has 4 rings (SSSR count). The van der Waals surface area contributed by atoms with Crippen molar-refractivity contribution in [1.82, 2.24) is 15.6 Å². The zero-order valence-corrected chi connectivity index (χ0v) is 28.0. The van der Waals surface area contributed by atoms with E-state index in [-0.39, 0.29) is 18.3 Å². The molecule has 4 aromatic rings. The van der Waals surface area contributed by atoms with Crippen LogP contribution in [-0.4, -0.2) is 46.7 Å². The van der Waals surface area contributed by atoms with E-state index in [1.54, 1.807) is 65.8 Å². The highest BCUT2D eigenvalue weighted by Gasteiger charge is 2.21. The fourth-order valence-corrected chi connectivity index (χ4v) is 4.86. The fourth-order valence-electron chi connectivity index (χ4n) is 4.39. The van der Waals surface area contributed by atoms with Gasteiger partial charge in [-0.15, -0.1) is 4.99 Å². The number of rotatable bonds is 5. The summed E-state index contributed by atoms with van der Waals surface area (Å²) >= 11 is 18.6. The number of carbonyl (C=O) groups is 2. The first-order valence-electron chi connectivity index (χ1n) is 14.1. The predicted octanol–water partition coefficient (Wildman–Crippen LogP) is 8.67. The zero-order chi connectivity index (χ0) is 33.1. The van der Waals surface area contributed by atoms with Crippen molar-refractivity contribution in [2.45, 2.75) is 59.2 Å². The summed E-state index contributed by atoms with van der Waals surface area (Å²) in [5.41, 5.74) is 2.32. The zero-order valence-electron chi connectivity index (χ0n) is 25.7. The summed E-state index contributed by atoms with van der Waals surface area (Å²) < 4.78 is 10.6. The molecule has 1 aromatic heterocycles. The van der Waals surface area contributed by atoms with Crippen LogP contribution in [0.4, 0.5) is 15.3 Å². The standard InChI is InChI=1S/C32H35Cl3N6O4/c1-31(2,3)44-29(42)40-28(41-30(43)45-32(4,5)6)37-12-11-17-13-20(38-27(36)18-7-9-23(34)24(35)14-18)16-22-21-15-19(33)8-10-25(21)39-26(17)22/h7-10,13-16,39H,11-12H2,1-6H3,(H2,36,38)(H2,37,40,41,42,43). The van der Waals surface area contributed by atoms with Crippen molar-refractivity contribution in [3.8, 4) is 0 Å². The van der Waals surface area contributed by atoms with E-state index in [0.29, 0.717) is 32.7 Å². The van der Waals surface area contributed by atoms with Gasteiger partial charge in [0.1, 0.15) is 17.0 Å². The van der Waals surface area contributed by atoms with Crippen LogP contribution in [0.5, 0.6) is 0 Å². The number of guanidine groups is 1. The molecular weight excluding hydrogens is 639 g/mol. The Morgan fingerprint density at radius 1 is 0.889 bits per heavy atom. The van der Waals surface area contributed by atoms with Crippen molar-refractivity contribution in [2.75, 3.05) is 11.9 Å². The van der Waals surface area contributed by atoms with Crippen LogP contribution < -0.4 is 16.0 Å². The fraction of sp³-hybridized carbons (Fsp3) is 0.312. The highest BCUT2D eigenvalue weighted by molar-refractivity contribution is 6.42. The van der Waals surface area contributed by atoms with E-state index in [4.69, 9.17) is 49.7 Å². The number of fused-ring (bicyclic) bond motifs is 3. The lowest BCUT2D eigenvalue weighted by Crippen LogP contribution is -2.44. The van der Waals surface area contributed by atoms with Gasteiger partial charge in [-0.05, 0) is 102 Å². The quantitative estimate of drug-likeness (QED) is 0.106. The maximum absolute atomic E-state index is 12.5. The Morgan fingerprint density at radius 2 is 1.60 bits per heavy atom. The third-order valence-corrected chi connectivity index (χ3v) is 7.11. The minimum Gasteiger partial charge on any atom is -0.444 e. The Hall–Kier alpha value is -3.99. The molecule has 0 aliphatic carbocycles. The summed E-state index contributed by atoms with van der Waals surface area (Å²) in [6.45, 7) is 10.6. The molecule has 0 saturated carbocycles. The molecule has 238 valence electrons. The molecule has 0 unspecified atom stereocenters. The number of aromatic amines is 1. The number of anilines is 1. The van der Waals surface area contributed by atoms with Crippen molar-refractivity contribution in [1.29, 1.82) is 5.41 Å². The lowest BCUT2D eigenvalue weighted by molar-refractivity contribution is 0.0560. The summed E-state index contributed by atoms with van der Waals surface area (Å²) in [5.74, 6) is 0.0112. The van der Waals surface area contributed by atoms with Crippen molar-refractivity contribution >= 4 is 86.3 Å². The molecule has 0 radical (unpaired) electrons. The molecule has 1 heterocycles. The first-order valence-corrected chi connectivity index (χ1v) is 15.2. The molecule has 0 bridgehead atoms. The van der Waals surface area contributed by atoms with Crippen molar-refractivity contribution in [3.05, 3.63) is 74.7 Å². The number of alkyl carbamates (subject to hydrolysis) is 1. The predicted molar refractivity (Wildman–Crippen MR) is 182 cm³/mol. The number of hydrogen-bond acceptors (Lipinski definition) is 5. The molecule has 0 saturated heterocycles. The van der Waals surface area contributed by atoms with Crippen LogP contribution in [0, 0.1) is 5.41 Å². The number of nitrogens with one attached hydrogen (secondary N) is 5. The first kappa shape index (κ1) is 33.9. The summed E-state index contributed by atoms with van der Waals surface area (Å²) in [6.07, 6.45) is -1.22. The van der Waals surface area contributed by atoms with E-state index in [1.807, 2.05) is 24.3 Å². The van der Waals surface area contributed by atoms with E-state index < -0.39 is 23.4 Å². The Bertz CT molecular complexity index is 1800. The van der Waals surface area contributed by atoms with Gasteiger partial charge in [0, 0.05) is 44.6 Å². The maximum Gasteiger partial charge on any atom is 0.437 e. The molecule has 2 amide bonds. The number of amides is 2. The SMILES string of the molecule is CC(C)(C)OC(=O)/N=C(\NCCc1cc(NC(=N)c2ccc(Cl)c(Cl)c2)cc2c1[nH]c1ccc(Cl)cc12)NC(=O)OC(C)(C)C. The average molecular weight is 674 g/mol. The monoisotopic (exact) mass is 672 g/mol. The number of amidine groups is 1. The molecule has 0 aliphatic heterocycles. The van der Waals surface area contributed by atoms with Gasteiger partial charge < -0.3 is 25.1 Å². The largest absolute Gasteiger partial charge is 0.444 e. The van der Waals surface area contributed by atoms with Crippen molar-refractivity contribution in [3.63, 3.8) is 0 Å². The average Bonchev–Trinajstić information content (AvgIpc) is 3.25. The van der Waals surface area contributed by atoms with Gasteiger partial charge in [-0.1, -0.05) is 34.8 Å². The van der Waals surface area contributed by atoms with Gasteiger partial charge in [0.05, 0.1) is 10.0 Å².